The molecule has 10 heavy (non-hydrogen) atoms. The summed E-state index contributed by atoms with van der Waals surface area (Å²) in [6, 6.07) is 9.76. The van der Waals surface area contributed by atoms with Gasteiger partial charge in [-0.2, -0.15) is 0 Å². The molecule has 0 N–H and O–H groups in total. The van der Waals surface area contributed by atoms with Crippen molar-refractivity contribution in [2.45, 2.75) is 4.90 Å². The molecule has 1 atom stereocenters. The van der Waals surface area contributed by atoms with E-state index in [1.165, 1.54) is 11.4 Å². The van der Waals surface area contributed by atoms with Crippen LogP contribution in [0.3, 0.4) is 0 Å². The van der Waals surface area contributed by atoms with Crippen LogP contribution in [0.2, 0.25) is 0 Å². The fourth-order valence-corrected chi connectivity index (χ4v) is 2.46. The minimum atomic E-state index is -1.11. The van der Waals surface area contributed by atoms with Crippen molar-refractivity contribution in [1.29, 1.82) is 0 Å². The minimum absolute atomic E-state index is 1.08. The van der Waals surface area contributed by atoms with Gasteiger partial charge >= 0.3 is 7.00 Å². The Morgan fingerprint density at radius 3 is 2.40 bits per heavy atom. The molecule has 52 valence electrons. The van der Waals surface area contributed by atoms with Gasteiger partial charge in [-0.05, 0) is 12.1 Å². The Bertz CT molecular complexity index is 222. The molecule has 3 heteroatoms. The van der Waals surface area contributed by atoms with Crippen LogP contribution in [0.25, 0.3) is 0 Å². The van der Waals surface area contributed by atoms with Gasteiger partial charge in [0, 0.05) is 0 Å². The van der Waals surface area contributed by atoms with Crippen LogP contribution in [0.4, 0.5) is 0 Å². The third-order valence-corrected chi connectivity index (χ3v) is 3.12. The summed E-state index contributed by atoms with van der Waals surface area (Å²) in [6.45, 7) is 1.72. The molecule has 0 saturated carbocycles. The molecule has 0 amide bonds. The second-order valence-corrected chi connectivity index (χ2v) is 5.47. The van der Waals surface area contributed by atoms with E-state index in [1.807, 2.05) is 30.3 Å². The SMILES string of the molecule is C[P+](=O)Sc1ccccc1. The summed E-state index contributed by atoms with van der Waals surface area (Å²) in [5.41, 5.74) is 0. The maximum absolute atomic E-state index is 10.7. The van der Waals surface area contributed by atoms with Gasteiger partial charge in [0.2, 0.25) is 0 Å². The first-order valence-corrected chi connectivity index (χ1v) is 6.06. The van der Waals surface area contributed by atoms with Gasteiger partial charge in [-0.25, -0.2) is 0 Å². The lowest BCUT2D eigenvalue weighted by Gasteiger charge is -1.84. The monoisotopic (exact) mass is 171 g/mol. The van der Waals surface area contributed by atoms with E-state index in [0.29, 0.717) is 0 Å². The summed E-state index contributed by atoms with van der Waals surface area (Å²) in [6.07, 6.45) is 0. The van der Waals surface area contributed by atoms with Crippen LogP contribution >= 0.6 is 18.4 Å². The fraction of sp³-hybridized carbons (Fsp3) is 0.143. The zero-order valence-electron chi connectivity index (χ0n) is 5.65. The van der Waals surface area contributed by atoms with Crippen molar-refractivity contribution in [2.24, 2.45) is 0 Å². The van der Waals surface area contributed by atoms with Crippen LogP contribution in [0, 0.1) is 0 Å². The van der Waals surface area contributed by atoms with Crippen molar-refractivity contribution in [2.75, 3.05) is 6.66 Å². The molecule has 1 unspecified atom stereocenters. The highest BCUT2D eigenvalue weighted by Crippen LogP contribution is 2.39. The Morgan fingerprint density at radius 1 is 1.30 bits per heavy atom. The molecule has 1 nitrogen and oxygen atoms in total. The van der Waals surface area contributed by atoms with Gasteiger partial charge < -0.3 is 0 Å². The summed E-state index contributed by atoms with van der Waals surface area (Å²) < 4.78 is 10.7. The molecule has 0 radical (unpaired) electrons. The first kappa shape index (κ1) is 7.77. The van der Waals surface area contributed by atoms with E-state index in [2.05, 4.69) is 0 Å². The van der Waals surface area contributed by atoms with Gasteiger partial charge in [0.05, 0.1) is 4.90 Å². The van der Waals surface area contributed by atoms with Gasteiger partial charge in [0.15, 0.2) is 11.4 Å². The second-order valence-electron chi connectivity index (χ2n) is 1.84. The summed E-state index contributed by atoms with van der Waals surface area (Å²) in [4.78, 5) is 1.08. The predicted octanol–water partition coefficient (Wildman–Crippen LogP) is 3.15. The van der Waals surface area contributed by atoms with Crippen LogP contribution < -0.4 is 0 Å². The average molecular weight is 171 g/mol. The number of benzene rings is 1. The molecule has 1 rings (SSSR count). The molecule has 1 aromatic rings. The van der Waals surface area contributed by atoms with E-state index in [1.54, 1.807) is 6.66 Å². The largest absolute Gasteiger partial charge is 0.412 e. The molecular weight excluding hydrogens is 163 g/mol. The zero-order chi connectivity index (χ0) is 7.40. The zero-order valence-corrected chi connectivity index (χ0v) is 7.36. The van der Waals surface area contributed by atoms with Gasteiger partial charge in [-0.15, -0.1) is 0 Å². The third kappa shape index (κ3) is 2.51. The summed E-state index contributed by atoms with van der Waals surface area (Å²) in [5, 5.41) is 0. The summed E-state index contributed by atoms with van der Waals surface area (Å²) in [7, 11) is -1.11. The number of rotatable bonds is 2. The van der Waals surface area contributed by atoms with Gasteiger partial charge in [0.1, 0.15) is 6.66 Å². The van der Waals surface area contributed by atoms with Crippen LogP contribution in [-0.2, 0) is 4.57 Å². The number of hydrogen-bond acceptors (Lipinski definition) is 2. The van der Waals surface area contributed by atoms with Crippen molar-refractivity contribution in [1.82, 2.24) is 0 Å². The Balaban J connectivity index is 2.67. The smallest absolute Gasteiger partial charge is 0.0622 e. The Labute approximate surface area is 65.4 Å². The number of hydrogen-bond donors (Lipinski definition) is 0. The molecule has 0 aliphatic carbocycles. The summed E-state index contributed by atoms with van der Waals surface area (Å²) in [5.74, 6) is 0. The average Bonchev–Trinajstić information content (AvgIpc) is 1.88. The highest BCUT2D eigenvalue weighted by Gasteiger charge is 2.08. The minimum Gasteiger partial charge on any atom is -0.0622 e. The lowest BCUT2D eigenvalue weighted by molar-refractivity contribution is 0.599. The van der Waals surface area contributed by atoms with E-state index in [-0.39, 0.29) is 0 Å². The van der Waals surface area contributed by atoms with E-state index >= 15 is 0 Å². The van der Waals surface area contributed by atoms with Gasteiger partial charge in [-0.1, -0.05) is 22.8 Å². The van der Waals surface area contributed by atoms with Crippen LogP contribution in [0.15, 0.2) is 35.2 Å². The second kappa shape index (κ2) is 3.75. The molecule has 0 aliphatic rings. The van der Waals surface area contributed by atoms with Gasteiger partial charge in [0.25, 0.3) is 0 Å². The quantitative estimate of drug-likeness (QED) is 0.636. The normalized spacial score (nSPS) is 11.1. The molecule has 0 bridgehead atoms. The highest BCUT2D eigenvalue weighted by atomic mass is 32.7. The van der Waals surface area contributed by atoms with E-state index < -0.39 is 7.00 Å². The van der Waals surface area contributed by atoms with Crippen LogP contribution in [-0.4, -0.2) is 6.66 Å². The van der Waals surface area contributed by atoms with Crippen molar-refractivity contribution >= 4 is 18.4 Å². The van der Waals surface area contributed by atoms with Crippen molar-refractivity contribution in [3.8, 4) is 0 Å². The van der Waals surface area contributed by atoms with E-state index in [9.17, 15) is 4.57 Å². The maximum Gasteiger partial charge on any atom is 0.412 e. The van der Waals surface area contributed by atoms with Crippen molar-refractivity contribution in [3.05, 3.63) is 30.3 Å². The predicted molar refractivity (Wildman–Crippen MR) is 45.8 cm³/mol. The maximum atomic E-state index is 10.7. The third-order valence-electron chi connectivity index (χ3n) is 0.977. The van der Waals surface area contributed by atoms with E-state index in [4.69, 9.17) is 0 Å². The van der Waals surface area contributed by atoms with Crippen molar-refractivity contribution in [3.63, 3.8) is 0 Å². The fourth-order valence-electron chi connectivity index (χ4n) is 0.630. The molecule has 0 aliphatic heterocycles. The molecule has 0 heterocycles. The molecule has 1 aromatic carbocycles. The Hall–Kier alpha value is -0.330. The van der Waals surface area contributed by atoms with Crippen LogP contribution in [0.5, 0.6) is 0 Å². The standard InChI is InChI=1S/C7H8OPS/c1-9(8)10-7-5-3-2-4-6-7/h2-6H,1H3/q+1. The Morgan fingerprint density at radius 2 is 1.90 bits per heavy atom. The topological polar surface area (TPSA) is 17.1 Å². The first-order valence-electron chi connectivity index (χ1n) is 2.93. The van der Waals surface area contributed by atoms with Crippen LogP contribution in [0.1, 0.15) is 0 Å². The molecule has 0 spiro atoms. The Kier molecular flexibility index (Phi) is 2.91. The van der Waals surface area contributed by atoms with Crippen molar-refractivity contribution < 1.29 is 4.57 Å². The molecular formula is C7H8OPS+. The molecule has 0 aromatic heterocycles. The lowest BCUT2D eigenvalue weighted by atomic mass is 10.4. The highest BCUT2D eigenvalue weighted by molar-refractivity contribution is 8.51. The molecule has 0 fully saturated rings. The summed E-state index contributed by atoms with van der Waals surface area (Å²) >= 11 is 1.41. The van der Waals surface area contributed by atoms with E-state index in [0.717, 1.165) is 4.90 Å². The van der Waals surface area contributed by atoms with Gasteiger partial charge in [-0.3, -0.25) is 0 Å². The molecule has 0 saturated heterocycles. The lowest BCUT2D eigenvalue weighted by Crippen LogP contribution is -1.62. The first-order chi connectivity index (χ1) is 4.79.